The highest BCUT2D eigenvalue weighted by Crippen LogP contribution is 2.21. The van der Waals surface area contributed by atoms with E-state index < -0.39 is 0 Å². The Balaban J connectivity index is 1.56. The SMILES string of the molecule is COc1ccc(-c2nnc(CNC(=O)Nc3ccccc3)o2)cc1. The Morgan fingerprint density at radius 2 is 1.83 bits per heavy atom. The second-order valence-electron chi connectivity index (χ2n) is 4.90. The van der Waals surface area contributed by atoms with Crippen LogP contribution in [-0.4, -0.2) is 23.3 Å². The summed E-state index contributed by atoms with van der Waals surface area (Å²) in [6.45, 7) is 0.141. The predicted octanol–water partition coefficient (Wildman–Crippen LogP) is 3.07. The molecule has 0 spiro atoms. The number of aromatic nitrogens is 2. The van der Waals surface area contributed by atoms with Crippen molar-refractivity contribution in [3.8, 4) is 17.2 Å². The molecule has 0 saturated carbocycles. The second kappa shape index (κ2) is 7.28. The lowest BCUT2D eigenvalue weighted by Crippen LogP contribution is -2.28. The molecule has 0 fully saturated rings. The van der Waals surface area contributed by atoms with Gasteiger partial charge in [0.25, 0.3) is 0 Å². The minimum atomic E-state index is -0.342. The Bertz CT molecular complexity index is 800. The van der Waals surface area contributed by atoms with Gasteiger partial charge in [-0.05, 0) is 36.4 Å². The molecular formula is C17H16N4O3. The molecule has 7 heteroatoms. The molecule has 2 amide bonds. The van der Waals surface area contributed by atoms with Gasteiger partial charge >= 0.3 is 6.03 Å². The lowest BCUT2D eigenvalue weighted by atomic mass is 10.2. The lowest BCUT2D eigenvalue weighted by molar-refractivity contribution is 0.250. The Labute approximate surface area is 138 Å². The number of carbonyl (C=O) groups is 1. The molecule has 24 heavy (non-hydrogen) atoms. The predicted molar refractivity (Wildman–Crippen MR) is 88.6 cm³/mol. The van der Waals surface area contributed by atoms with Crippen molar-refractivity contribution < 1.29 is 13.9 Å². The van der Waals surface area contributed by atoms with E-state index in [2.05, 4.69) is 20.8 Å². The van der Waals surface area contributed by atoms with Gasteiger partial charge in [-0.15, -0.1) is 10.2 Å². The van der Waals surface area contributed by atoms with Crippen LogP contribution in [0.3, 0.4) is 0 Å². The van der Waals surface area contributed by atoms with Crippen LogP contribution in [0.2, 0.25) is 0 Å². The molecule has 2 aromatic carbocycles. The van der Waals surface area contributed by atoms with Crippen molar-refractivity contribution in [2.75, 3.05) is 12.4 Å². The number of hydrogen-bond donors (Lipinski definition) is 2. The van der Waals surface area contributed by atoms with Crippen LogP contribution in [0, 0.1) is 0 Å². The number of benzene rings is 2. The number of nitrogens with zero attached hydrogens (tertiary/aromatic N) is 2. The van der Waals surface area contributed by atoms with Crippen LogP contribution in [0.1, 0.15) is 5.89 Å². The number of anilines is 1. The van der Waals surface area contributed by atoms with Crippen molar-refractivity contribution in [1.82, 2.24) is 15.5 Å². The van der Waals surface area contributed by atoms with Gasteiger partial charge in [0.15, 0.2) is 0 Å². The fourth-order valence-corrected chi connectivity index (χ4v) is 2.03. The Hall–Kier alpha value is -3.35. The number of carbonyl (C=O) groups excluding carboxylic acids is 1. The quantitative estimate of drug-likeness (QED) is 0.753. The Kier molecular flexibility index (Phi) is 4.71. The van der Waals surface area contributed by atoms with Gasteiger partial charge in [0, 0.05) is 11.3 Å². The molecule has 1 heterocycles. The number of hydrogen-bond acceptors (Lipinski definition) is 5. The molecule has 122 valence electrons. The van der Waals surface area contributed by atoms with E-state index in [1.165, 1.54) is 0 Å². The monoisotopic (exact) mass is 324 g/mol. The van der Waals surface area contributed by atoms with Crippen molar-refractivity contribution in [3.05, 3.63) is 60.5 Å². The van der Waals surface area contributed by atoms with E-state index in [0.717, 1.165) is 11.3 Å². The summed E-state index contributed by atoms with van der Waals surface area (Å²) in [5, 5.41) is 13.3. The van der Waals surface area contributed by atoms with Gasteiger partial charge in [-0.25, -0.2) is 4.79 Å². The standard InChI is InChI=1S/C17H16N4O3/c1-23-14-9-7-12(8-10-14)16-21-20-15(24-16)11-18-17(22)19-13-5-3-2-4-6-13/h2-10H,11H2,1H3,(H2,18,19,22). The first-order valence-corrected chi connectivity index (χ1v) is 7.31. The summed E-state index contributed by atoms with van der Waals surface area (Å²) in [7, 11) is 1.60. The number of amides is 2. The van der Waals surface area contributed by atoms with E-state index in [0.29, 0.717) is 17.5 Å². The summed E-state index contributed by atoms with van der Waals surface area (Å²) in [5.41, 5.74) is 1.49. The van der Waals surface area contributed by atoms with Crippen LogP contribution in [0.4, 0.5) is 10.5 Å². The van der Waals surface area contributed by atoms with Gasteiger partial charge in [0.05, 0.1) is 13.7 Å². The molecule has 3 rings (SSSR count). The topological polar surface area (TPSA) is 89.3 Å². The summed E-state index contributed by atoms with van der Waals surface area (Å²) >= 11 is 0. The third kappa shape index (κ3) is 3.89. The van der Waals surface area contributed by atoms with Crippen LogP contribution in [0.25, 0.3) is 11.5 Å². The zero-order valence-corrected chi connectivity index (χ0v) is 13.0. The summed E-state index contributed by atoms with van der Waals surface area (Å²) in [5.74, 6) is 1.46. The van der Waals surface area contributed by atoms with Crippen LogP contribution in [-0.2, 0) is 6.54 Å². The molecule has 0 unspecified atom stereocenters. The van der Waals surface area contributed by atoms with Crippen LogP contribution >= 0.6 is 0 Å². The molecule has 0 aliphatic rings. The number of methoxy groups -OCH3 is 1. The molecule has 2 N–H and O–H groups in total. The van der Waals surface area contributed by atoms with Gasteiger partial charge in [-0.3, -0.25) is 0 Å². The van der Waals surface area contributed by atoms with E-state index in [1.54, 1.807) is 19.2 Å². The molecular weight excluding hydrogens is 308 g/mol. The highest BCUT2D eigenvalue weighted by molar-refractivity contribution is 5.89. The van der Waals surface area contributed by atoms with Crippen molar-refractivity contribution >= 4 is 11.7 Å². The van der Waals surface area contributed by atoms with E-state index in [1.807, 2.05) is 42.5 Å². The van der Waals surface area contributed by atoms with E-state index in [4.69, 9.17) is 9.15 Å². The molecule has 0 aliphatic heterocycles. The number of rotatable bonds is 5. The summed E-state index contributed by atoms with van der Waals surface area (Å²) in [4.78, 5) is 11.8. The highest BCUT2D eigenvalue weighted by atomic mass is 16.5. The van der Waals surface area contributed by atoms with Crippen molar-refractivity contribution in [2.24, 2.45) is 0 Å². The Morgan fingerprint density at radius 1 is 1.08 bits per heavy atom. The zero-order valence-electron chi connectivity index (χ0n) is 13.0. The van der Waals surface area contributed by atoms with Gasteiger partial charge in [-0.2, -0.15) is 0 Å². The highest BCUT2D eigenvalue weighted by Gasteiger charge is 2.10. The van der Waals surface area contributed by atoms with Crippen molar-refractivity contribution in [3.63, 3.8) is 0 Å². The fourth-order valence-electron chi connectivity index (χ4n) is 2.03. The van der Waals surface area contributed by atoms with Crippen molar-refractivity contribution in [2.45, 2.75) is 6.54 Å². The largest absolute Gasteiger partial charge is 0.497 e. The molecule has 1 aromatic heterocycles. The number of ether oxygens (including phenoxy) is 1. The Morgan fingerprint density at radius 3 is 2.54 bits per heavy atom. The molecule has 0 radical (unpaired) electrons. The molecule has 0 atom stereocenters. The molecule has 0 aliphatic carbocycles. The molecule has 7 nitrogen and oxygen atoms in total. The maximum absolute atomic E-state index is 11.8. The van der Waals surface area contributed by atoms with Crippen molar-refractivity contribution in [1.29, 1.82) is 0 Å². The van der Waals surface area contributed by atoms with E-state index in [9.17, 15) is 4.79 Å². The number of nitrogens with one attached hydrogen (secondary N) is 2. The first-order valence-electron chi connectivity index (χ1n) is 7.31. The van der Waals surface area contributed by atoms with Gasteiger partial charge in [-0.1, -0.05) is 18.2 Å². The summed E-state index contributed by atoms with van der Waals surface area (Å²) in [6.07, 6.45) is 0. The average molecular weight is 324 g/mol. The van der Waals surface area contributed by atoms with Gasteiger partial charge < -0.3 is 19.8 Å². The maximum atomic E-state index is 11.8. The number of para-hydroxylation sites is 1. The maximum Gasteiger partial charge on any atom is 0.319 e. The minimum absolute atomic E-state index is 0.141. The fraction of sp³-hybridized carbons (Fsp3) is 0.118. The van der Waals surface area contributed by atoms with Crippen LogP contribution in [0.15, 0.2) is 59.0 Å². The average Bonchev–Trinajstić information content (AvgIpc) is 3.10. The smallest absolute Gasteiger partial charge is 0.319 e. The minimum Gasteiger partial charge on any atom is -0.497 e. The normalized spacial score (nSPS) is 10.2. The van der Waals surface area contributed by atoms with E-state index >= 15 is 0 Å². The lowest BCUT2D eigenvalue weighted by Gasteiger charge is -2.05. The third-order valence-corrected chi connectivity index (χ3v) is 3.24. The van der Waals surface area contributed by atoms with E-state index in [-0.39, 0.29) is 12.6 Å². The second-order valence-corrected chi connectivity index (χ2v) is 4.90. The summed E-state index contributed by atoms with van der Waals surface area (Å²) < 4.78 is 10.6. The van der Waals surface area contributed by atoms with Gasteiger partial charge in [0.1, 0.15) is 5.75 Å². The molecule has 0 saturated heterocycles. The zero-order chi connectivity index (χ0) is 16.8. The summed E-state index contributed by atoms with van der Waals surface area (Å²) in [6, 6.07) is 16.1. The first kappa shape index (κ1) is 15.5. The number of urea groups is 1. The first-order chi connectivity index (χ1) is 11.7. The third-order valence-electron chi connectivity index (χ3n) is 3.24. The molecule has 3 aromatic rings. The van der Waals surface area contributed by atoms with Crippen LogP contribution in [0.5, 0.6) is 5.75 Å². The van der Waals surface area contributed by atoms with Crippen LogP contribution < -0.4 is 15.4 Å². The molecule has 0 bridgehead atoms. The van der Waals surface area contributed by atoms with Gasteiger partial charge in [0.2, 0.25) is 11.8 Å².